The average molecular weight is 293 g/mol. The van der Waals surface area contributed by atoms with Gasteiger partial charge in [-0.15, -0.1) is 0 Å². The van der Waals surface area contributed by atoms with Crippen molar-refractivity contribution < 1.29 is 4.79 Å². The van der Waals surface area contributed by atoms with Gasteiger partial charge in [0.05, 0.1) is 0 Å². The molecule has 0 aliphatic rings. The highest BCUT2D eigenvalue weighted by atomic mass is 79.9. The van der Waals surface area contributed by atoms with Crippen molar-refractivity contribution in [3.8, 4) is 0 Å². The largest absolute Gasteiger partial charge is 0.298 e. The molecule has 0 saturated carbocycles. The molecule has 1 nitrogen and oxygen atoms in total. The maximum atomic E-state index is 10.9. The lowest BCUT2D eigenvalue weighted by molar-refractivity contribution is 0.112. The van der Waals surface area contributed by atoms with Crippen LogP contribution in [-0.2, 0) is 0 Å². The molecule has 0 N–H and O–H groups in total. The first-order valence-electron chi connectivity index (χ1n) is 4.78. The molecule has 0 radical (unpaired) electrons. The van der Waals surface area contributed by atoms with Crippen molar-refractivity contribution >= 4 is 34.0 Å². The van der Waals surface area contributed by atoms with Crippen LogP contribution in [0.2, 0.25) is 0 Å². The van der Waals surface area contributed by atoms with Crippen molar-refractivity contribution in [3.05, 3.63) is 58.6 Å². The lowest BCUT2D eigenvalue weighted by Gasteiger charge is -2.05. The Balaban J connectivity index is 2.34. The molecule has 0 fully saturated rings. The maximum Gasteiger partial charge on any atom is 0.151 e. The van der Waals surface area contributed by atoms with E-state index < -0.39 is 0 Å². The zero-order valence-electron chi connectivity index (χ0n) is 8.39. The molecule has 2 aromatic rings. The Bertz CT molecular complexity index is 511. The standard InChI is InChI=1S/C13H9BrOS/c14-11-6-2-4-8-13(11)16-12-7-3-1-5-10(12)9-15/h1-9H. The number of halogens is 1. The topological polar surface area (TPSA) is 17.1 Å². The summed E-state index contributed by atoms with van der Waals surface area (Å²) in [6.45, 7) is 0. The highest BCUT2D eigenvalue weighted by Gasteiger charge is 2.05. The molecule has 0 aliphatic heterocycles. The van der Waals surface area contributed by atoms with Gasteiger partial charge in [-0.25, -0.2) is 0 Å². The lowest BCUT2D eigenvalue weighted by atomic mass is 10.2. The Morgan fingerprint density at radius 2 is 1.56 bits per heavy atom. The normalized spacial score (nSPS) is 10.1. The van der Waals surface area contributed by atoms with E-state index in [1.165, 1.54) is 0 Å². The van der Waals surface area contributed by atoms with Gasteiger partial charge in [-0.2, -0.15) is 0 Å². The molecule has 80 valence electrons. The summed E-state index contributed by atoms with van der Waals surface area (Å²) in [4.78, 5) is 13.0. The summed E-state index contributed by atoms with van der Waals surface area (Å²) in [5.74, 6) is 0. The predicted octanol–water partition coefficient (Wildman–Crippen LogP) is 4.41. The Hall–Kier alpha value is -1.06. The van der Waals surface area contributed by atoms with Crippen molar-refractivity contribution in [3.63, 3.8) is 0 Å². The maximum absolute atomic E-state index is 10.9. The summed E-state index contributed by atoms with van der Waals surface area (Å²) in [6, 6.07) is 15.6. The highest BCUT2D eigenvalue weighted by molar-refractivity contribution is 9.10. The molecule has 0 atom stereocenters. The van der Waals surface area contributed by atoms with Gasteiger partial charge >= 0.3 is 0 Å². The Morgan fingerprint density at radius 3 is 2.25 bits per heavy atom. The van der Waals surface area contributed by atoms with Gasteiger partial charge in [0.25, 0.3) is 0 Å². The summed E-state index contributed by atoms with van der Waals surface area (Å²) in [5, 5.41) is 0. The summed E-state index contributed by atoms with van der Waals surface area (Å²) in [6.07, 6.45) is 0.888. The zero-order valence-corrected chi connectivity index (χ0v) is 10.8. The fourth-order valence-electron chi connectivity index (χ4n) is 1.32. The second-order valence-corrected chi connectivity index (χ2v) is 5.13. The number of hydrogen-bond donors (Lipinski definition) is 0. The van der Waals surface area contributed by atoms with Crippen LogP contribution >= 0.6 is 27.7 Å². The Labute approximate surface area is 107 Å². The molecule has 3 heteroatoms. The average Bonchev–Trinajstić information content (AvgIpc) is 2.33. The summed E-state index contributed by atoms with van der Waals surface area (Å²) < 4.78 is 1.04. The minimum absolute atomic E-state index is 0.725. The van der Waals surface area contributed by atoms with Crippen LogP contribution < -0.4 is 0 Å². The Morgan fingerprint density at radius 1 is 0.938 bits per heavy atom. The molecular weight excluding hydrogens is 284 g/mol. The number of carbonyl (C=O) groups is 1. The van der Waals surface area contributed by atoms with E-state index >= 15 is 0 Å². The van der Waals surface area contributed by atoms with Gasteiger partial charge in [0.1, 0.15) is 0 Å². The number of aldehydes is 1. The number of rotatable bonds is 3. The van der Waals surface area contributed by atoms with Crippen LogP contribution in [0.3, 0.4) is 0 Å². The monoisotopic (exact) mass is 292 g/mol. The molecule has 0 aliphatic carbocycles. The number of benzene rings is 2. The summed E-state index contributed by atoms with van der Waals surface area (Å²) in [5.41, 5.74) is 0.725. The molecule has 0 heterocycles. The quantitative estimate of drug-likeness (QED) is 0.780. The zero-order chi connectivity index (χ0) is 11.4. The number of hydrogen-bond acceptors (Lipinski definition) is 2. The van der Waals surface area contributed by atoms with E-state index in [-0.39, 0.29) is 0 Å². The van der Waals surface area contributed by atoms with Crippen LogP contribution in [0, 0.1) is 0 Å². The third-order valence-electron chi connectivity index (χ3n) is 2.10. The third kappa shape index (κ3) is 2.54. The van der Waals surface area contributed by atoms with Gasteiger partial charge in [0.2, 0.25) is 0 Å². The predicted molar refractivity (Wildman–Crippen MR) is 70.1 cm³/mol. The molecule has 2 rings (SSSR count). The van der Waals surface area contributed by atoms with Crippen molar-refractivity contribution in [2.24, 2.45) is 0 Å². The van der Waals surface area contributed by atoms with Gasteiger partial charge in [-0.05, 0) is 34.1 Å². The Kier molecular flexibility index (Phi) is 3.80. The van der Waals surface area contributed by atoms with Crippen LogP contribution in [0.1, 0.15) is 10.4 Å². The van der Waals surface area contributed by atoms with E-state index in [4.69, 9.17) is 0 Å². The fraction of sp³-hybridized carbons (Fsp3) is 0. The molecule has 0 saturated heterocycles. The van der Waals surface area contributed by atoms with Crippen LogP contribution in [0.25, 0.3) is 0 Å². The van der Waals surface area contributed by atoms with Gasteiger partial charge in [0, 0.05) is 19.8 Å². The molecule has 16 heavy (non-hydrogen) atoms. The third-order valence-corrected chi connectivity index (χ3v) is 4.22. The minimum Gasteiger partial charge on any atom is -0.298 e. The summed E-state index contributed by atoms with van der Waals surface area (Å²) in [7, 11) is 0. The smallest absolute Gasteiger partial charge is 0.151 e. The first-order valence-corrected chi connectivity index (χ1v) is 6.39. The first-order chi connectivity index (χ1) is 7.81. The van der Waals surface area contributed by atoms with Crippen LogP contribution in [-0.4, -0.2) is 6.29 Å². The molecule has 0 spiro atoms. The van der Waals surface area contributed by atoms with Crippen molar-refractivity contribution in [1.29, 1.82) is 0 Å². The van der Waals surface area contributed by atoms with Crippen molar-refractivity contribution in [1.82, 2.24) is 0 Å². The molecule has 0 amide bonds. The van der Waals surface area contributed by atoms with Crippen LogP contribution in [0.4, 0.5) is 0 Å². The van der Waals surface area contributed by atoms with E-state index in [9.17, 15) is 4.79 Å². The van der Waals surface area contributed by atoms with Crippen molar-refractivity contribution in [2.75, 3.05) is 0 Å². The van der Waals surface area contributed by atoms with E-state index in [2.05, 4.69) is 15.9 Å². The van der Waals surface area contributed by atoms with Gasteiger partial charge in [-0.1, -0.05) is 42.1 Å². The van der Waals surface area contributed by atoms with E-state index in [1.807, 2.05) is 48.5 Å². The van der Waals surface area contributed by atoms with Gasteiger partial charge in [0.15, 0.2) is 6.29 Å². The SMILES string of the molecule is O=Cc1ccccc1Sc1ccccc1Br. The first kappa shape index (κ1) is 11.4. The van der Waals surface area contributed by atoms with Gasteiger partial charge in [-0.3, -0.25) is 4.79 Å². The molecule has 0 unspecified atom stereocenters. The number of carbonyl (C=O) groups excluding carboxylic acids is 1. The van der Waals surface area contributed by atoms with E-state index in [1.54, 1.807) is 11.8 Å². The second-order valence-electron chi connectivity index (χ2n) is 3.19. The van der Waals surface area contributed by atoms with Crippen LogP contribution in [0.15, 0.2) is 62.8 Å². The minimum atomic E-state index is 0.725. The van der Waals surface area contributed by atoms with E-state index in [0.717, 1.165) is 26.1 Å². The second kappa shape index (κ2) is 5.32. The fourth-order valence-corrected chi connectivity index (χ4v) is 2.77. The highest BCUT2D eigenvalue weighted by Crippen LogP contribution is 2.34. The van der Waals surface area contributed by atoms with Crippen LogP contribution in [0.5, 0.6) is 0 Å². The molecule has 0 aromatic heterocycles. The van der Waals surface area contributed by atoms with Gasteiger partial charge < -0.3 is 0 Å². The molecular formula is C13H9BrOS. The van der Waals surface area contributed by atoms with Crippen molar-refractivity contribution in [2.45, 2.75) is 9.79 Å². The molecule has 2 aromatic carbocycles. The van der Waals surface area contributed by atoms with E-state index in [0.29, 0.717) is 0 Å². The lowest BCUT2D eigenvalue weighted by Crippen LogP contribution is -1.84. The summed E-state index contributed by atoms with van der Waals surface area (Å²) >= 11 is 5.08. The molecule has 0 bridgehead atoms.